The summed E-state index contributed by atoms with van der Waals surface area (Å²) in [6.07, 6.45) is 0. The Bertz CT molecular complexity index is 668. The summed E-state index contributed by atoms with van der Waals surface area (Å²) < 4.78 is 18.2. The number of hydrogen-bond donors (Lipinski definition) is 2. The third kappa shape index (κ3) is 3.24. The number of benzene rings is 1. The monoisotopic (exact) mass is 341 g/mol. The van der Waals surface area contributed by atoms with E-state index >= 15 is 0 Å². The third-order valence-electron chi connectivity index (χ3n) is 2.48. The highest BCUT2D eigenvalue weighted by molar-refractivity contribution is 9.10. The van der Waals surface area contributed by atoms with Crippen molar-refractivity contribution in [2.45, 2.75) is 6.54 Å². The highest BCUT2D eigenvalue weighted by Crippen LogP contribution is 2.17. The number of carboxylic acids is 1. The number of carboxylic acid groups (broad SMARTS) is 1. The molecule has 0 saturated carbocycles. The average molecular weight is 342 g/mol. The number of rotatable bonds is 4. The van der Waals surface area contributed by atoms with Crippen molar-refractivity contribution in [3.05, 3.63) is 57.7 Å². The van der Waals surface area contributed by atoms with Crippen molar-refractivity contribution in [2.75, 3.05) is 0 Å². The van der Waals surface area contributed by atoms with Gasteiger partial charge in [-0.3, -0.25) is 4.79 Å². The molecule has 1 aromatic carbocycles. The normalized spacial score (nSPS) is 10.3. The van der Waals surface area contributed by atoms with E-state index in [-0.39, 0.29) is 22.3 Å². The van der Waals surface area contributed by atoms with Crippen LogP contribution in [0.4, 0.5) is 4.39 Å². The maximum atomic E-state index is 13.0. The lowest BCUT2D eigenvalue weighted by molar-refractivity contribution is 0.0660. The molecular weight excluding hydrogens is 333 g/mol. The highest BCUT2D eigenvalue weighted by atomic mass is 79.9. The highest BCUT2D eigenvalue weighted by Gasteiger charge is 2.11. The van der Waals surface area contributed by atoms with Crippen LogP contribution in [0.1, 0.15) is 26.7 Å². The van der Waals surface area contributed by atoms with Crippen LogP contribution in [0.25, 0.3) is 0 Å². The van der Waals surface area contributed by atoms with E-state index in [2.05, 4.69) is 21.2 Å². The number of furan rings is 1. The minimum atomic E-state index is -1.18. The molecule has 0 aliphatic heterocycles. The third-order valence-corrected chi connectivity index (χ3v) is 3.09. The van der Waals surface area contributed by atoms with E-state index in [0.29, 0.717) is 5.76 Å². The van der Waals surface area contributed by atoms with Crippen molar-refractivity contribution in [3.8, 4) is 0 Å². The van der Waals surface area contributed by atoms with Gasteiger partial charge in [0.25, 0.3) is 5.91 Å². The molecule has 2 aromatic rings. The van der Waals surface area contributed by atoms with Gasteiger partial charge in [0, 0.05) is 5.56 Å². The Morgan fingerprint density at radius 1 is 1.30 bits per heavy atom. The Balaban J connectivity index is 2.00. The maximum Gasteiger partial charge on any atom is 0.371 e. The molecule has 2 rings (SSSR count). The van der Waals surface area contributed by atoms with Gasteiger partial charge >= 0.3 is 5.97 Å². The molecule has 0 spiro atoms. The lowest BCUT2D eigenvalue weighted by Gasteiger charge is -2.04. The number of halogens is 2. The Morgan fingerprint density at radius 3 is 2.65 bits per heavy atom. The zero-order valence-corrected chi connectivity index (χ0v) is 11.6. The van der Waals surface area contributed by atoms with Crippen LogP contribution in [0.2, 0.25) is 0 Å². The van der Waals surface area contributed by atoms with Gasteiger partial charge in [0.15, 0.2) is 0 Å². The minimum Gasteiger partial charge on any atom is -0.475 e. The quantitative estimate of drug-likeness (QED) is 0.896. The van der Waals surface area contributed by atoms with Gasteiger partial charge in [-0.2, -0.15) is 0 Å². The van der Waals surface area contributed by atoms with Crippen molar-refractivity contribution in [3.63, 3.8) is 0 Å². The van der Waals surface area contributed by atoms with E-state index in [4.69, 9.17) is 9.52 Å². The standard InChI is InChI=1S/C13H9BrFNO4/c14-9-5-7(1-3-10(9)15)12(17)16-6-8-2-4-11(20-8)13(18)19/h1-5H,6H2,(H,16,17)(H,18,19). The van der Waals surface area contributed by atoms with E-state index in [1.165, 1.54) is 30.3 Å². The lowest BCUT2D eigenvalue weighted by atomic mass is 10.2. The topological polar surface area (TPSA) is 79.5 Å². The van der Waals surface area contributed by atoms with Crippen LogP contribution in [-0.4, -0.2) is 17.0 Å². The van der Waals surface area contributed by atoms with Gasteiger partial charge in [-0.1, -0.05) is 0 Å². The predicted octanol–water partition coefficient (Wildman–Crippen LogP) is 2.81. The summed E-state index contributed by atoms with van der Waals surface area (Å²) in [7, 11) is 0. The van der Waals surface area contributed by atoms with Crippen LogP contribution >= 0.6 is 15.9 Å². The second-order valence-corrected chi connectivity index (χ2v) is 4.74. The van der Waals surface area contributed by atoms with Crippen molar-refractivity contribution < 1.29 is 23.5 Å². The zero-order valence-electron chi connectivity index (χ0n) is 10.0. The number of carbonyl (C=O) groups excluding carboxylic acids is 1. The number of carbonyl (C=O) groups is 2. The van der Waals surface area contributed by atoms with Crippen LogP contribution in [0.5, 0.6) is 0 Å². The largest absolute Gasteiger partial charge is 0.475 e. The molecule has 0 unspecified atom stereocenters. The summed E-state index contributed by atoms with van der Waals surface area (Å²) in [5, 5.41) is 11.2. The molecular formula is C13H9BrFNO4. The van der Waals surface area contributed by atoms with Gasteiger partial charge in [-0.05, 0) is 46.3 Å². The molecule has 0 atom stereocenters. The summed E-state index contributed by atoms with van der Waals surface area (Å²) in [6, 6.07) is 6.65. The Kier molecular flexibility index (Phi) is 4.19. The molecule has 7 heteroatoms. The predicted molar refractivity (Wildman–Crippen MR) is 70.9 cm³/mol. The van der Waals surface area contributed by atoms with Crippen molar-refractivity contribution in [2.24, 2.45) is 0 Å². The van der Waals surface area contributed by atoms with Gasteiger partial charge < -0.3 is 14.8 Å². The first-order valence-corrected chi connectivity index (χ1v) is 6.32. The van der Waals surface area contributed by atoms with Gasteiger partial charge in [0.1, 0.15) is 11.6 Å². The molecule has 1 heterocycles. The molecule has 0 fully saturated rings. The fourth-order valence-corrected chi connectivity index (χ4v) is 1.87. The van der Waals surface area contributed by atoms with Crippen LogP contribution in [0, 0.1) is 5.82 Å². The molecule has 2 N–H and O–H groups in total. The first kappa shape index (κ1) is 14.3. The van der Waals surface area contributed by atoms with Gasteiger partial charge in [0.05, 0.1) is 11.0 Å². The van der Waals surface area contributed by atoms with Gasteiger partial charge in [-0.15, -0.1) is 0 Å². The maximum absolute atomic E-state index is 13.0. The summed E-state index contributed by atoms with van der Waals surface area (Å²) in [4.78, 5) is 22.4. The molecule has 0 aliphatic carbocycles. The van der Waals surface area contributed by atoms with E-state index in [9.17, 15) is 14.0 Å². The molecule has 0 aliphatic rings. The molecule has 1 amide bonds. The summed E-state index contributed by atoms with van der Waals surface area (Å²) in [5.74, 6) is -1.93. The Hall–Kier alpha value is -2.15. The smallest absolute Gasteiger partial charge is 0.371 e. The number of nitrogens with one attached hydrogen (secondary N) is 1. The molecule has 0 saturated heterocycles. The SMILES string of the molecule is O=C(NCc1ccc(C(=O)O)o1)c1ccc(F)c(Br)c1. The van der Waals surface area contributed by atoms with Crippen molar-refractivity contribution in [1.29, 1.82) is 0 Å². The minimum absolute atomic E-state index is 0.0428. The zero-order chi connectivity index (χ0) is 14.7. The lowest BCUT2D eigenvalue weighted by Crippen LogP contribution is -2.22. The first-order chi connectivity index (χ1) is 9.47. The molecule has 20 heavy (non-hydrogen) atoms. The Morgan fingerprint density at radius 2 is 2.05 bits per heavy atom. The molecule has 5 nitrogen and oxygen atoms in total. The fourth-order valence-electron chi connectivity index (χ4n) is 1.49. The van der Waals surface area contributed by atoms with Crippen molar-refractivity contribution >= 4 is 27.8 Å². The molecule has 0 bridgehead atoms. The summed E-state index contributed by atoms with van der Waals surface area (Å²) in [5.41, 5.74) is 0.281. The molecule has 1 aromatic heterocycles. The number of aromatic carboxylic acids is 1. The summed E-state index contributed by atoms with van der Waals surface area (Å²) >= 11 is 2.99. The van der Waals surface area contributed by atoms with Crippen molar-refractivity contribution in [1.82, 2.24) is 5.32 Å². The summed E-state index contributed by atoms with van der Waals surface area (Å²) in [6.45, 7) is 0.0428. The van der Waals surface area contributed by atoms with Crippen LogP contribution in [0.3, 0.4) is 0 Å². The van der Waals surface area contributed by atoms with Crippen LogP contribution in [-0.2, 0) is 6.54 Å². The molecule has 104 valence electrons. The molecule has 0 radical (unpaired) electrons. The van der Waals surface area contributed by atoms with E-state index < -0.39 is 17.7 Å². The fraction of sp³-hybridized carbons (Fsp3) is 0.0769. The van der Waals surface area contributed by atoms with E-state index in [0.717, 1.165) is 0 Å². The van der Waals surface area contributed by atoms with Gasteiger partial charge in [0.2, 0.25) is 5.76 Å². The first-order valence-electron chi connectivity index (χ1n) is 5.52. The Labute approximate surface area is 121 Å². The average Bonchev–Trinajstić information content (AvgIpc) is 2.88. The number of hydrogen-bond acceptors (Lipinski definition) is 3. The second-order valence-electron chi connectivity index (χ2n) is 3.88. The van der Waals surface area contributed by atoms with Crippen LogP contribution < -0.4 is 5.32 Å². The van der Waals surface area contributed by atoms with E-state index in [1.807, 2.05) is 0 Å². The van der Waals surface area contributed by atoms with E-state index in [1.54, 1.807) is 0 Å². The van der Waals surface area contributed by atoms with Gasteiger partial charge in [-0.25, -0.2) is 9.18 Å². The number of amides is 1. The van der Waals surface area contributed by atoms with Crippen LogP contribution in [0.15, 0.2) is 39.2 Å². The second kappa shape index (κ2) is 5.87.